The molecule has 0 aromatic carbocycles. The minimum atomic E-state index is 0.0476. The van der Waals surface area contributed by atoms with E-state index in [0.717, 1.165) is 0 Å². The van der Waals surface area contributed by atoms with Crippen molar-refractivity contribution < 1.29 is 9.53 Å². The van der Waals surface area contributed by atoms with Crippen LogP contribution in [0.2, 0.25) is 5.15 Å². The molecule has 5 heteroatoms. The number of imidazole rings is 1. The summed E-state index contributed by atoms with van der Waals surface area (Å²) >= 11 is 6.02. The van der Waals surface area contributed by atoms with Gasteiger partial charge in [-0.05, 0) is 19.1 Å². The van der Waals surface area contributed by atoms with Crippen LogP contribution in [-0.2, 0) is 11.2 Å². The molecule has 4 nitrogen and oxygen atoms in total. The second-order valence-corrected chi connectivity index (χ2v) is 3.85. The molecule has 84 valence electrons. The summed E-state index contributed by atoms with van der Waals surface area (Å²) in [5.74, 6) is 1.33. The molecule has 0 atom stereocenters. The van der Waals surface area contributed by atoms with E-state index in [2.05, 4.69) is 4.98 Å². The molecule has 0 saturated carbocycles. The molecule has 16 heavy (non-hydrogen) atoms. The van der Waals surface area contributed by atoms with Crippen LogP contribution in [0.5, 0.6) is 5.75 Å². The number of rotatable bonds is 3. The summed E-state index contributed by atoms with van der Waals surface area (Å²) in [6.07, 6.45) is 2.08. The quantitative estimate of drug-likeness (QED) is 0.823. The number of ether oxygens (including phenoxy) is 1. The van der Waals surface area contributed by atoms with Crippen LogP contribution < -0.4 is 4.74 Å². The number of hydrogen-bond acceptors (Lipinski definition) is 3. The van der Waals surface area contributed by atoms with E-state index >= 15 is 0 Å². The topological polar surface area (TPSA) is 43.6 Å². The number of Topliss-reactive ketones (excluding diaryl/α,β-unsaturated/α-hetero) is 1. The molecule has 2 aromatic rings. The summed E-state index contributed by atoms with van der Waals surface area (Å²) < 4.78 is 6.98. The smallest absolute Gasteiger partial charge is 0.158 e. The summed E-state index contributed by atoms with van der Waals surface area (Å²) in [5, 5.41) is 0.355. The van der Waals surface area contributed by atoms with Gasteiger partial charge in [-0.2, -0.15) is 0 Å². The molecule has 0 bridgehead atoms. The van der Waals surface area contributed by atoms with Gasteiger partial charge in [-0.3, -0.25) is 9.20 Å². The molecule has 0 N–H and O–H groups in total. The molecule has 0 saturated heterocycles. The normalized spacial score (nSPS) is 10.7. The van der Waals surface area contributed by atoms with Crippen molar-refractivity contribution in [1.29, 1.82) is 0 Å². The number of carbonyl (C=O) groups is 1. The van der Waals surface area contributed by atoms with Gasteiger partial charge in [0.05, 0.1) is 13.5 Å². The van der Waals surface area contributed by atoms with Gasteiger partial charge in [-0.1, -0.05) is 11.6 Å². The van der Waals surface area contributed by atoms with Gasteiger partial charge in [0.2, 0.25) is 0 Å². The maximum atomic E-state index is 11.1. The Bertz CT molecular complexity index is 548. The van der Waals surface area contributed by atoms with E-state index < -0.39 is 0 Å². The number of halogens is 1. The Morgan fingerprint density at radius 2 is 2.38 bits per heavy atom. The number of aromatic nitrogens is 2. The second-order valence-electron chi connectivity index (χ2n) is 3.49. The van der Waals surface area contributed by atoms with Crippen LogP contribution in [0.15, 0.2) is 18.3 Å². The molecular weight excluding hydrogens is 228 g/mol. The average molecular weight is 239 g/mol. The molecular formula is C11H11ClN2O2. The fraction of sp³-hybridized carbons (Fsp3) is 0.273. The molecule has 2 rings (SSSR count). The van der Waals surface area contributed by atoms with Crippen LogP contribution in [0.1, 0.15) is 12.7 Å². The number of pyridine rings is 1. The average Bonchev–Trinajstić information content (AvgIpc) is 2.55. The van der Waals surface area contributed by atoms with Crippen molar-refractivity contribution in [3.05, 3.63) is 29.3 Å². The first-order valence-corrected chi connectivity index (χ1v) is 5.20. The molecule has 0 radical (unpaired) electrons. The van der Waals surface area contributed by atoms with E-state index in [1.165, 1.54) is 6.92 Å². The Morgan fingerprint density at radius 1 is 1.62 bits per heavy atom. The van der Waals surface area contributed by atoms with E-state index in [1.54, 1.807) is 17.6 Å². The molecule has 0 fully saturated rings. The highest BCUT2D eigenvalue weighted by Gasteiger charge is 2.14. The van der Waals surface area contributed by atoms with Gasteiger partial charge in [0.1, 0.15) is 22.9 Å². The monoisotopic (exact) mass is 238 g/mol. The summed E-state index contributed by atoms with van der Waals surface area (Å²) in [7, 11) is 1.57. The van der Waals surface area contributed by atoms with Gasteiger partial charge in [-0.15, -0.1) is 0 Å². The van der Waals surface area contributed by atoms with Crippen molar-refractivity contribution in [1.82, 2.24) is 9.38 Å². The minimum absolute atomic E-state index is 0.0476. The molecule has 0 unspecified atom stereocenters. The zero-order valence-corrected chi connectivity index (χ0v) is 9.78. The van der Waals surface area contributed by atoms with Crippen LogP contribution in [0.25, 0.3) is 5.52 Å². The molecule has 0 aliphatic heterocycles. The predicted molar refractivity (Wildman–Crippen MR) is 61.1 cm³/mol. The van der Waals surface area contributed by atoms with Gasteiger partial charge in [0, 0.05) is 6.20 Å². The van der Waals surface area contributed by atoms with Crippen molar-refractivity contribution in [3.63, 3.8) is 0 Å². The van der Waals surface area contributed by atoms with Crippen LogP contribution in [-0.4, -0.2) is 22.3 Å². The highest BCUT2D eigenvalue weighted by molar-refractivity contribution is 6.33. The lowest BCUT2D eigenvalue weighted by Gasteiger charge is -2.03. The van der Waals surface area contributed by atoms with Crippen molar-refractivity contribution >= 4 is 22.9 Å². The number of fused-ring (bicyclic) bond motifs is 1. The van der Waals surface area contributed by atoms with Gasteiger partial charge in [-0.25, -0.2) is 4.98 Å². The van der Waals surface area contributed by atoms with Gasteiger partial charge in [0.25, 0.3) is 0 Å². The predicted octanol–water partition coefficient (Wildman–Crippen LogP) is 2.13. The Kier molecular flexibility index (Phi) is 2.83. The molecule has 2 aromatic heterocycles. The van der Waals surface area contributed by atoms with Gasteiger partial charge < -0.3 is 4.74 Å². The van der Waals surface area contributed by atoms with Crippen molar-refractivity contribution in [3.8, 4) is 5.75 Å². The molecule has 0 aliphatic rings. The Hall–Kier alpha value is -1.55. The zero-order valence-electron chi connectivity index (χ0n) is 9.03. The van der Waals surface area contributed by atoms with Crippen LogP contribution >= 0.6 is 11.6 Å². The van der Waals surface area contributed by atoms with E-state index in [1.807, 2.05) is 12.3 Å². The fourth-order valence-electron chi connectivity index (χ4n) is 1.64. The molecule has 0 aliphatic carbocycles. The lowest BCUT2D eigenvalue weighted by Crippen LogP contribution is -2.02. The Morgan fingerprint density at radius 3 is 3.00 bits per heavy atom. The summed E-state index contributed by atoms with van der Waals surface area (Å²) in [4.78, 5) is 15.3. The lowest BCUT2D eigenvalue weighted by molar-refractivity contribution is -0.116. The first-order chi connectivity index (χ1) is 7.63. The third-order valence-electron chi connectivity index (χ3n) is 2.28. The number of methoxy groups -OCH3 is 1. The molecule has 0 amide bonds. The van der Waals surface area contributed by atoms with Crippen molar-refractivity contribution in [2.75, 3.05) is 7.11 Å². The standard InChI is InChI=1S/C11H11ClN2O2/c1-7(15)6-9-13-11(12)10-8(16-2)4-3-5-14(9)10/h3-5H,6H2,1-2H3. The number of ketones is 1. The zero-order chi connectivity index (χ0) is 11.7. The highest BCUT2D eigenvalue weighted by Crippen LogP contribution is 2.27. The van der Waals surface area contributed by atoms with Gasteiger partial charge >= 0.3 is 0 Å². The Balaban J connectivity index is 2.66. The van der Waals surface area contributed by atoms with Crippen LogP contribution in [0.3, 0.4) is 0 Å². The van der Waals surface area contributed by atoms with E-state index in [0.29, 0.717) is 22.2 Å². The maximum absolute atomic E-state index is 11.1. The number of hydrogen-bond donors (Lipinski definition) is 0. The highest BCUT2D eigenvalue weighted by atomic mass is 35.5. The van der Waals surface area contributed by atoms with Crippen molar-refractivity contribution in [2.24, 2.45) is 0 Å². The largest absolute Gasteiger partial charge is 0.494 e. The lowest BCUT2D eigenvalue weighted by atomic mass is 10.3. The van der Waals surface area contributed by atoms with Gasteiger partial charge in [0.15, 0.2) is 5.15 Å². The van der Waals surface area contributed by atoms with Crippen LogP contribution in [0.4, 0.5) is 0 Å². The number of carbonyl (C=O) groups excluding carboxylic acids is 1. The second kappa shape index (κ2) is 4.14. The minimum Gasteiger partial charge on any atom is -0.494 e. The first-order valence-electron chi connectivity index (χ1n) is 4.82. The fourth-order valence-corrected chi connectivity index (χ4v) is 1.92. The molecule has 2 heterocycles. The third-order valence-corrected chi connectivity index (χ3v) is 2.55. The van der Waals surface area contributed by atoms with E-state index in [4.69, 9.17) is 16.3 Å². The summed E-state index contributed by atoms with van der Waals surface area (Å²) in [5.41, 5.74) is 0.697. The summed E-state index contributed by atoms with van der Waals surface area (Å²) in [6, 6.07) is 3.63. The van der Waals surface area contributed by atoms with Crippen molar-refractivity contribution in [2.45, 2.75) is 13.3 Å². The van der Waals surface area contributed by atoms with E-state index in [9.17, 15) is 4.79 Å². The molecule has 0 spiro atoms. The maximum Gasteiger partial charge on any atom is 0.158 e. The van der Waals surface area contributed by atoms with E-state index in [-0.39, 0.29) is 12.2 Å². The Labute approximate surface area is 97.8 Å². The SMILES string of the molecule is COc1cccn2c(CC(C)=O)nc(Cl)c12. The third kappa shape index (κ3) is 1.76. The van der Waals surface area contributed by atoms with Crippen LogP contribution in [0, 0.1) is 0 Å². The first kappa shape index (κ1) is 11.0. The summed E-state index contributed by atoms with van der Waals surface area (Å²) in [6.45, 7) is 1.52. The number of nitrogens with zero attached hydrogens (tertiary/aromatic N) is 2.